The molecule has 1 saturated heterocycles. The van der Waals surface area contributed by atoms with Crippen molar-refractivity contribution in [2.75, 3.05) is 26.2 Å². The summed E-state index contributed by atoms with van der Waals surface area (Å²) in [5.41, 5.74) is 2.33. The van der Waals surface area contributed by atoms with Gasteiger partial charge in [0, 0.05) is 13.1 Å². The Morgan fingerprint density at radius 2 is 2.00 bits per heavy atom. The molecule has 0 aromatic heterocycles. The summed E-state index contributed by atoms with van der Waals surface area (Å²) in [7, 11) is 0. The van der Waals surface area contributed by atoms with E-state index in [-0.39, 0.29) is 17.8 Å². The fraction of sp³-hybridized carbons (Fsp3) is 0.650. The fourth-order valence-corrected chi connectivity index (χ4v) is 4.30. The van der Waals surface area contributed by atoms with Crippen LogP contribution in [0.25, 0.3) is 0 Å². The van der Waals surface area contributed by atoms with Crippen molar-refractivity contribution in [3.05, 3.63) is 35.4 Å². The first-order valence-corrected chi connectivity index (χ1v) is 9.23. The van der Waals surface area contributed by atoms with Gasteiger partial charge in [-0.05, 0) is 69.2 Å². The molecule has 3 nitrogen and oxygen atoms in total. The Hall–Kier alpha value is -1.06. The van der Waals surface area contributed by atoms with Crippen LogP contribution in [-0.4, -0.2) is 37.0 Å². The third-order valence-electron chi connectivity index (χ3n) is 5.79. The van der Waals surface area contributed by atoms with E-state index in [0.717, 1.165) is 64.2 Å². The largest absolute Gasteiger partial charge is 0.342 e. The van der Waals surface area contributed by atoms with Gasteiger partial charge in [-0.2, -0.15) is 0 Å². The molecule has 0 radical (unpaired) electrons. The van der Waals surface area contributed by atoms with Crippen LogP contribution in [0.3, 0.4) is 0 Å². The average Bonchev–Trinajstić information content (AvgIpc) is 2.60. The normalized spacial score (nSPS) is 24.2. The van der Waals surface area contributed by atoms with Crippen LogP contribution in [0.15, 0.2) is 24.3 Å². The molecular weight excluding hydrogens is 320 g/mol. The summed E-state index contributed by atoms with van der Waals surface area (Å²) in [6, 6.07) is 8.55. The maximum absolute atomic E-state index is 13.3. The highest BCUT2D eigenvalue weighted by Crippen LogP contribution is 2.39. The number of nitrogens with one attached hydrogen (secondary N) is 1. The summed E-state index contributed by atoms with van der Waals surface area (Å²) in [4.78, 5) is 15.4. The van der Waals surface area contributed by atoms with Crippen LogP contribution in [0.2, 0.25) is 0 Å². The lowest BCUT2D eigenvalue weighted by Gasteiger charge is -2.41. The van der Waals surface area contributed by atoms with Crippen LogP contribution >= 0.6 is 12.4 Å². The predicted molar refractivity (Wildman–Crippen MR) is 102 cm³/mol. The molecule has 3 rings (SSSR count). The number of carbonyl (C=O) groups excluding carboxylic acids is 1. The number of hydrogen-bond donors (Lipinski definition) is 1. The second-order valence-corrected chi connectivity index (χ2v) is 7.39. The van der Waals surface area contributed by atoms with Gasteiger partial charge in [-0.3, -0.25) is 4.79 Å². The Kier molecular flexibility index (Phi) is 6.70. The van der Waals surface area contributed by atoms with Gasteiger partial charge in [-0.15, -0.1) is 12.4 Å². The minimum absolute atomic E-state index is 0. The van der Waals surface area contributed by atoms with E-state index in [1.54, 1.807) is 0 Å². The second-order valence-electron chi connectivity index (χ2n) is 7.39. The van der Waals surface area contributed by atoms with Crippen molar-refractivity contribution in [2.24, 2.45) is 5.92 Å². The molecule has 24 heavy (non-hydrogen) atoms. The zero-order valence-electron chi connectivity index (χ0n) is 15.0. The highest BCUT2D eigenvalue weighted by molar-refractivity contribution is 5.88. The number of piperidine rings is 1. The predicted octanol–water partition coefficient (Wildman–Crippen LogP) is 3.55. The Morgan fingerprint density at radius 3 is 2.71 bits per heavy atom. The van der Waals surface area contributed by atoms with Gasteiger partial charge in [0.2, 0.25) is 5.91 Å². The maximum atomic E-state index is 13.3. The van der Waals surface area contributed by atoms with Crippen LogP contribution in [0.4, 0.5) is 0 Å². The number of carbonyl (C=O) groups is 1. The molecule has 2 aliphatic rings. The van der Waals surface area contributed by atoms with E-state index in [1.807, 2.05) is 0 Å². The van der Waals surface area contributed by atoms with Gasteiger partial charge in [0.15, 0.2) is 0 Å². The summed E-state index contributed by atoms with van der Waals surface area (Å²) in [5, 5.41) is 3.44. The maximum Gasteiger partial charge on any atom is 0.232 e. The number of aryl methyl sites for hydroxylation is 1. The second kappa shape index (κ2) is 8.35. The molecule has 1 N–H and O–H groups in total. The molecule has 1 aromatic carbocycles. The third-order valence-corrected chi connectivity index (χ3v) is 5.79. The van der Waals surface area contributed by atoms with Gasteiger partial charge < -0.3 is 10.2 Å². The smallest absolute Gasteiger partial charge is 0.232 e. The van der Waals surface area contributed by atoms with E-state index in [4.69, 9.17) is 0 Å². The molecule has 134 valence electrons. The summed E-state index contributed by atoms with van der Waals surface area (Å²) in [6.07, 6.45) is 5.49. The number of likely N-dealkylation sites (tertiary alicyclic amines) is 1. The SMILES string of the molecule is CCNCC1CCN(C(=O)C2(C)CCCc3ccccc32)CC1.Cl. The van der Waals surface area contributed by atoms with E-state index in [0.29, 0.717) is 5.91 Å². The monoisotopic (exact) mass is 350 g/mol. The fourth-order valence-electron chi connectivity index (χ4n) is 4.30. The third kappa shape index (κ3) is 3.78. The van der Waals surface area contributed by atoms with Crippen LogP contribution in [-0.2, 0) is 16.6 Å². The standard InChI is InChI=1S/C20H30N2O.ClH/c1-3-21-15-16-10-13-22(14-11-16)19(23)20(2)12-6-8-17-7-4-5-9-18(17)20;/h4-5,7,9,16,21H,3,6,8,10-15H2,1-2H3;1H. The number of halogens is 1. The molecule has 0 spiro atoms. The van der Waals surface area contributed by atoms with Gasteiger partial charge in [-0.1, -0.05) is 31.2 Å². The van der Waals surface area contributed by atoms with Crippen molar-refractivity contribution in [3.8, 4) is 0 Å². The Bertz CT molecular complexity index is 554. The number of hydrogen-bond acceptors (Lipinski definition) is 2. The Morgan fingerprint density at radius 1 is 1.29 bits per heavy atom. The molecule has 1 fully saturated rings. The molecule has 1 unspecified atom stereocenters. The summed E-state index contributed by atoms with van der Waals surface area (Å²) in [6.45, 7) is 8.30. The van der Waals surface area contributed by atoms with Crippen LogP contribution < -0.4 is 5.32 Å². The van der Waals surface area contributed by atoms with Gasteiger partial charge in [-0.25, -0.2) is 0 Å². The van der Waals surface area contributed by atoms with Crippen molar-refractivity contribution in [2.45, 2.75) is 51.4 Å². The Balaban J connectivity index is 0.00000208. The van der Waals surface area contributed by atoms with E-state index >= 15 is 0 Å². The lowest BCUT2D eigenvalue weighted by atomic mass is 9.70. The lowest BCUT2D eigenvalue weighted by molar-refractivity contribution is -0.138. The molecular formula is C20H31ClN2O. The highest BCUT2D eigenvalue weighted by Gasteiger charge is 2.41. The zero-order valence-corrected chi connectivity index (χ0v) is 15.8. The topological polar surface area (TPSA) is 32.3 Å². The first-order valence-electron chi connectivity index (χ1n) is 9.23. The molecule has 0 bridgehead atoms. The Labute approximate surface area is 152 Å². The number of rotatable bonds is 4. The zero-order chi connectivity index (χ0) is 16.3. The molecule has 1 aromatic rings. The van der Waals surface area contributed by atoms with E-state index in [1.165, 1.54) is 11.1 Å². The quantitative estimate of drug-likeness (QED) is 0.900. The molecule has 0 saturated carbocycles. The minimum Gasteiger partial charge on any atom is -0.342 e. The van der Waals surface area contributed by atoms with E-state index in [9.17, 15) is 4.79 Å². The first kappa shape index (κ1) is 19.3. The van der Waals surface area contributed by atoms with Crippen LogP contribution in [0.5, 0.6) is 0 Å². The van der Waals surface area contributed by atoms with Crippen LogP contribution in [0, 0.1) is 5.92 Å². The number of fused-ring (bicyclic) bond motifs is 1. The molecule has 1 aliphatic carbocycles. The molecule has 4 heteroatoms. The summed E-state index contributed by atoms with van der Waals surface area (Å²) >= 11 is 0. The lowest BCUT2D eigenvalue weighted by Crippen LogP contribution is -2.50. The average molecular weight is 351 g/mol. The van der Waals surface area contributed by atoms with Crippen molar-refractivity contribution in [1.82, 2.24) is 10.2 Å². The molecule has 1 amide bonds. The minimum atomic E-state index is -0.316. The van der Waals surface area contributed by atoms with Crippen molar-refractivity contribution in [1.29, 1.82) is 0 Å². The van der Waals surface area contributed by atoms with E-state index < -0.39 is 0 Å². The number of nitrogens with zero attached hydrogens (tertiary/aromatic N) is 1. The highest BCUT2D eigenvalue weighted by atomic mass is 35.5. The van der Waals surface area contributed by atoms with Crippen molar-refractivity contribution in [3.63, 3.8) is 0 Å². The molecule has 1 aliphatic heterocycles. The van der Waals surface area contributed by atoms with Gasteiger partial charge in [0.1, 0.15) is 0 Å². The van der Waals surface area contributed by atoms with E-state index in [2.05, 4.69) is 48.3 Å². The number of benzene rings is 1. The number of amides is 1. The van der Waals surface area contributed by atoms with Crippen LogP contribution in [0.1, 0.15) is 50.7 Å². The summed E-state index contributed by atoms with van der Waals surface area (Å²) in [5.74, 6) is 1.08. The molecule has 1 atom stereocenters. The first-order chi connectivity index (χ1) is 11.1. The molecule has 1 heterocycles. The van der Waals surface area contributed by atoms with Gasteiger partial charge in [0.05, 0.1) is 5.41 Å². The van der Waals surface area contributed by atoms with Gasteiger partial charge in [0.25, 0.3) is 0 Å². The van der Waals surface area contributed by atoms with Crippen molar-refractivity contribution < 1.29 is 4.79 Å². The van der Waals surface area contributed by atoms with Gasteiger partial charge >= 0.3 is 0 Å². The van der Waals surface area contributed by atoms with Crippen molar-refractivity contribution >= 4 is 18.3 Å². The summed E-state index contributed by atoms with van der Waals surface area (Å²) < 4.78 is 0.